The van der Waals surface area contributed by atoms with Crippen LogP contribution >= 0.6 is 0 Å². The van der Waals surface area contributed by atoms with Crippen molar-refractivity contribution >= 4 is 17.9 Å². The largest absolute Gasteiger partial charge is 0.462 e. The third-order valence-corrected chi connectivity index (χ3v) is 8.54. The molecule has 0 heterocycles. The van der Waals surface area contributed by atoms with E-state index in [0.717, 1.165) is 109 Å². The average Bonchev–Trinajstić information content (AvgIpc) is 3.21. The van der Waals surface area contributed by atoms with Crippen molar-refractivity contribution in [1.82, 2.24) is 0 Å². The normalized spacial score (nSPS) is 13.2. The van der Waals surface area contributed by atoms with Gasteiger partial charge >= 0.3 is 17.9 Å². The lowest BCUT2D eigenvalue weighted by Gasteiger charge is -2.18. The molecule has 0 aliphatic heterocycles. The van der Waals surface area contributed by atoms with Gasteiger partial charge in [0.1, 0.15) is 13.2 Å². The second kappa shape index (κ2) is 44.5. The number of esters is 3. The summed E-state index contributed by atoms with van der Waals surface area (Å²) in [5, 5.41) is 0. The summed E-state index contributed by atoms with van der Waals surface area (Å²) in [5.41, 5.74) is 0. The summed E-state index contributed by atoms with van der Waals surface area (Å²) < 4.78 is 16.6. The Morgan fingerprint density at radius 1 is 0.368 bits per heavy atom. The number of carbonyl (C=O) groups excluding carboxylic acids is 3. The van der Waals surface area contributed by atoms with Crippen molar-refractivity contribution in [2.45, 2.75) is 168 Å². The monoisotopic (exact) mass is 787 g/mol. The van der Waals surface area contributed by atoms with Crippen molar-refractivity contribution in [3.8, 4) is 0 Å². The van der Waals surface area contributed by atoms with Gasteiger partial charge < -0.3 is 14.2 Å². The first-order valence-corrected chi connectivity index (χ1v) is 22.1. The molecule has 57 heavy (non-hydrogen) atoms. The topological polar surface area (TPSA) is 78.9 Å². The van der Waals surface area contributed by atoms with Gasteiger partial charge in [0.05, 0.1) is 0 Å². The van der Waals surface area contributed by atoms with Gasteiger partial charge in [0.2, 0.25) is 0 Å². The van der Waals surface area contributed by atoms with Crippen molar-refractivity contribution in [2.75, 3.05) is 13.2 Å². The summed E-state index contributed by atoms with van der Waals surface area (Å²) in [5.74, 6) is -1.04. The van der Waals surface area contributed by atoms with E-state index in [2.05, 4.69) is 106 Å². The molecule has 318 valence electrons. The smallest absolute Gasteiger partial charge is 0.306 e. The fourth-order valence-electron chi connectivity index (χ4n) is 5.30. The molecule has 0 spiro atoms. The summed E-state index contributed by atoms with van der Waals surface area (Å²) in [4.78, 5) is 37.7. The summed E-state index contributed by atoms with van der Waals surface area (Å²) in [6.07, 6.45) is 60.4. The third kappa shape index (κ3) is 42.8. The molecule has 0 aromatic carbocycles. The quantitative estimate of drug-likeness (QED) is 0.0205. The van der Waals surface area contributed by atoms with E-state index in [0.29, 0.717) is 25.7 Å². The predicted molar refractivity (Wildman–Crippen MR) is 242 cm³/mol. The second-order valence-corrected chi connectivity index (χ2v) is 13.9. The van der Waals surface area contributed by atoms with Crippen LogP contribution in [0.1, 0.15) is 162 Å². The Labute approximate surface area is 348 Å². The van der Waals surface area contributed by atoms with Gasteiger partial charge in [0, 0.05) is 19.3 Å². The molecular weight excluding hydrogens is 709 g/mol. The van der Waals surface area contributed by atoms with Gasteiger partial charge in [-0.1, -0.05) is 162 Å². The molecule has 6 heteroatoms. The Hall–Kier alpha value is -4.19. The molecule has 0 rings (SSSR count). The van der Waals surface area contributed by atoms with E-state index in [-0.39, 0.29) is 37.5 Å². The molecule has 0 bridgehead atoms. The summed E-state index contributed by atoms with van der Waals surface area (Å²) in [6, 6.07) is 0. The van der Waals surface area contributed by atoms with Crippen LogP contribution in [0.4, 0.5) is 0 Å². The maximum atomic E-state index is 12.7. The van der Waals surface area contributed by atoms with Gasteiger partial charge in [0.25, 0.3) is 0 Å². The zero-order valence-corrected chi connectivity index (χ0v) is 36.0. The van der Waals surface area contributed by atoms with E-state index in [1.165, 1.54) is 0 Å². The number of hydrogen-bond donors (Lipinski definition) is 0. The van der Waals surface area contributed by atoms with Crippen LogP contribution in [0.3, 0.4) is 0 Å². The van der Waals surface area contributed by atoms with Crippen LogP contribution in [0.2, 0.25) is 0 Å². The Balaban J connectivity index is 4.58. The van der Waals surface area contributed by atoms with E-state index < -0.39 is 6.10 Å². The molecule has 0 aromatic heterocycles. The second-order valence-electron chi connectivity index (χ2n) is 13.9. The van der Waals surface area contributed by atoms with Crippen molar-refractivity contribution < 1.29 is 28.6 Å². The zero-order chi connectivity index (χ0) is 41.5. The molecular formula is C51H78O6. The van der Waals surface area contributed by atoms with E-state index in [1.807, 2.05) is 36.5 Å². The summed E-state index contributed by atoms with van der Waals surface area (Å²) >= 11 is 0. The van der Waals surface area contributed by atoms with Gasteiger partial charge in [-0.3, -0.25) is 14.4 Å². The molecule has 0 aliphatic rings. The molecule has 0 N–H and O–H groups in total. The number of allylic oxidation sites excluding steroid dienone is 20. The van der Waals surface area contributed by atoms with Gasteiger partial charge in [-0.05, 0) is 103 Å². The highest BCUT2D eigenvalue weighted by atomic mass is 16.6. The number of unbranched alkanes of at least 4 members (excludes halogenated alkanes) is 9. The molecule has 0 saturated carbocycles. The molecule has 1 unspecified atom stereocenters. The predicted octanol–water partition coefficient (Wildman–Crippen LogP) is 14.2. The van der Waals surface area contributed by atoms with Gasteiger partial charge in [0.15, 0.2) is 6.10 Å². The standard InChI is InChI=1S/C51H78O6/c1-4-7-10-13-16-19-22-25-27-29-32-35-38-41-44-50(53)56-47-48(46-55-49(52)43-40-37-34-31-28-24-21-18-15-12-9-6-3)57-51(54)45-42-39-36-33-30-26-23-20-17-14-11-8-5-2/h7-12,14,16-21,23,25-28,30-31,48H,4-6,13,15,22,24,29,32-47H2,1-3H3/b10-7-,11-8-,12-9-,17-14-,19-16-,21-18-,23-20-,27-25-,30-26-,31-28-. The molecule has 0 saturated heterocycles. The minimum Gasteiger partial charge on any atom is -0.462 e. The van der Waals surface area contributed by atoms with Crippen molar-refractivity contribution in [3.05, 3.63) is 122 Å². The molecule has 1 atom stereocenters. The minimum atomic E-state index is -0.825. The highest BCUT2D eigenvalue weighted by Crippen LogP contribution is 2.11. The first-order chi connectivity index (χ1) is 28.0. The number of carbonyl (C=O) groups is 3. The van der Waals surface area contributed by atoms with Gasteiger partial charge in [-0.2, -0.15) is 0 Å². The lowest BCUT2D eigenvalue weighted by atomic mass is 10.1. The SMILES string of the molecule is CC\C=C/C=C\C=C/C=C\CCCCCC(=O)OC(COC(=O)CCCC/C=C\C/C=C\C/C=C\CC)COC(=O)CCCCCC/C=C\C/C=C\C/C=C\CC. The molecule has 0 aromatic rings. The first kappa shape index (κ1) is 52.8. The van der Waals surface area contributed by atoms with Crippen LogP contribution in [-0.4, -0.2) is 37.2 Å². The number of ether oxygens (including phenoxy) is 3. The van der Waals surface area contributed by atoms with E-state index in [1.54, 1.807) is 0 Å². The summed E-state index contributed by atoms with van der Waals surface area (Å²) in [6.45, 7) is 6.13. The third-order valence-electron chi connectivity index (χ3n) is 8.54. The Morgan fingerprint density at radius 2 is 0.719 bits per heavy atom. The highest BCUT2D eigenvalue weighted by Gasteiger charge is 2.19. The van der Waals surface area contributed by atoms with Crippen LogP contribution in [-0.2, 0) is 28.6 Å². The molecule has 0 amide bonds. The van der Waals surface area contributed by atoms with Crippen LogP contribution < -0.4 is 0 Å². The first-order valence-electron chi connectivity index (χ1n) is 22.1. The zero-order valence-electron chi connectivity index (χ0n) is 36.0. The maximum Gasteiger partial charge on any atom is 0.306 e. The van der Waals surface area contributed by atoms with Crippen molar-refractivity contribution in [2.24, 2.45) is 0 Å². The fraction of sp³-hybridized carbons (Fsp3) is 0.549. The van der Waals surface area contributed by atoms with Gasteiger partial charge in [-0.25, -0.2) is 0 Å². The van der Waals surface area contributed by atoms with Crippen molar-refractivity contribution in [1.29, 1.82) is 0 Å². The van der Waals surface area contributed by atoms with E-state index >= 15 is 0 Å². The summed E-state index contributed by atoms with van der Waals surface area (Å²) in [7, 11) is 0. The molecule has 0 fully saturated rings. The average molecular weight is 787 g/mol. The Bertz CT molecular complexity index is 1270. The Kier molecular flexibility index (Phi) is 41.3. The maximum absolute atomic E-state index is 12.7. The lowest BCUT2D eigenvalue weighted by molar-refractivity contribution is -0.167. The van der Waals surface area contributed by atoms with Gasteiger partial charge in [-0.15, -0.1) is 0 Å². The van der Waals surface area contributed by atoms with E-state index in [4.69, 9.17) is 14.2 Å². The van der Waals surface area contributed by atoms with Crippen molar-refractivity contribution in [3.63, 3.8) is 0 Å². The molecule has 0 radical (unpaired) electrons. The number of rotatable bonds is 37. The van der Waals surface area contributed by atoms with Crippen LogP contribution in [0.5, 0.6) is 0 Å². The lowest BCUT2D eigenvalue weighted by Crippen LogP contribution is -2.30. The highest BCUT2D eigenvalue weighted by molar-refractivity contribution is 5.71. The van der Waals surface area contributed by atoms with Crippen LogP contribution in [0, 0.1) is 0 Å². The van der Waals surface area contributed by atoms with Crippen LogP contribution in [0.25, 0.3) is 0 Å². The van der Waals surface area contributed by atoms with E-state index in [9.17, 15) is 14.4 Å². The number of hydrogen-bond acceptors (Lipinski definition) is 6. The molecule has 0 aliphatic carbocycles. The molecule has 6 nitrogen and oxygen atoms in total. The van der Waals surface area contributed by atoms with Crippen LogP contribution in [0.15, 0.2) is 122 Å². The fourth-order valence-corrected chi connectivity index (χ4v) is 5.30. The minimum absolute atomic E-state index is 0.123. The Morgan fingerprint density at radius 3 is 1.23 bits per heavy atom.